The molecule has 1 aromatic heterocycles. The summed E-state index contributed by atoms with van der Waals surface area (Å²) in [4.78, 5) is 3.99. The second kappa shape index (κ2) is 7.71. The number of benzene rings is 1. The standard InChI is InChI=1S/C17H18F4N2O2S/c1-16(2,3)26(24)23-14(15-13(18)5-4-10-22-15)11-6-8-12(9-7-11)25-17(19,20)21/h4-10,14,23H,1-3H3/t14-,26?/m0/s1. The minimum Gasteiger partial charge on any atom is -0.406 e. The molecule has 2 atom stereocenters. The summed E-state index contributed by atoms with van der Waals surface area (Å²) < 4.78 is 69.5. The van der Waals surface area contributed by atoms with Gasteiger partial charge in [-0.3, -0.25) is 4.98 Å². The third-order valence-electron chi connectivity index (χ3n) is 3.29. The monoisotopic (exact) mass is 390 g/mol. The Morgan fingerprint density at radius 3 is 2.23 bits per heavy atom. The van der Waals surface area contributed by atoms with Crippen molar-refractivity contribution in [1.29, 1.82) is 0 Å². The van der Waals surface area contributed by atoms with Gasteiger partial charge in [-0.25, -0.2) is 13.3 Å². The number of hydrogen-bond acceptors (Lipinski definition) is 3. The zero-order valence-corrected chi connectivity index (χ0v) is 15.1. The molecule has 0 aliphatic heterocycles. The summed E-state index contributed by atoms with van der Waals surface area (Å²) in [6, 6.07) is 6.61. The Bertz CT molecular complexity index is 774. The van der Waals surface area contributed by atoms with E-state index in [1.54, 1.807) is 20.8 Å². The third kappa shape index (κ3) is 5.50. The molecule has 0 bridgehead atoms. The molecule has 4 nitrogen and oxygen atoms in total. The Hall–Kier alpha value is -2.00. The van der Waals surface area contributed by atoms with Gasteiger partial charge in [0.15, 0.2) is 0 Å². The highest BCUT2D eigenvalue weighted by Crippen LogP contribution is 2.28. The topological polar surface area (TPSA) is 51.2 Å². The molecule has 0 fully saturated rings. The molecule has 1 N–H and O–H groups in total. The van der Waals surface area contributed by atoms with Crippen molar-refractivity contribution >= 4 is 11.0 Å². The highest BCUT2D eigenvalue weighted by molar-refractivity contribution is 7.84. The quantitative estimate of drug-likeness (QED) is 0.776. The highest BCUT2D eigenvalue weighted by atomic mass is 32.2. The molecule has 0 aliphatic rings. The van der Waals surface area contributed by atoms with Crippen LogP contribution < -0.4 is 9.46 Å². The summed E-state index contributed by atoms with van der Waals surface area (Å²) in [6.07, 6.45) is -3.42. The van der Waals surface area contributed by atoms with E-state index >= 15 is 0 Å². The van der Waals surface area contributed by atoms with Crippen molar-refractivity contribution in [3.8, 4) is 5.75 Å². The van der Waals surface area contributed by atoms with Crippen LogP contribution in [0.4, 0.5) is 17.6 Å². The van der Waals surface area contributed by atoms with Gasteiger partial charge in [-0.2, -0.15) is 0 Å². The molecule has 0 saturated heterocycles. The molecule has 0 amide bonds. The normalized spacial score (nSPS) is 14.7. The molecule has 26 heavy (non-hydrogen) atoms. The summed E-state index contributed by atoms with van der Waals surface area (Å²) >= 11 is 0. The predicted octanol–water partition coefficient (Wildman–Crippen LogP) is 4.26. The Kier molecular flexibility index (Phi) is 6.02. The van der Waals surface area contributed by atoms with Gasteiger partial charge in [-0.1, -0.05) is 12.1 Å². The molecule has 0 aliphatic carbocycles. The number of aromatic nitrogens is 1. The van der Waals surface area contributed by atoms with Gasteiger partial charge < -0.3 is 4.74 Å². The molecule has 1 unspecified atom stereocenters. The van der Waals surface area contributed by atoms with Gasteiger partial charge in [-0.15, -0.1) is 13.2 Å². The predicted molar refractivity (Wildman–Crippen MR) is 90.2 cm³/mol. The SMILES string of the molecule is CC(C)(C)S(=O)N[C@@H](c1ccc(OC(F)(F)F)cc1)c1ncccc1F. The number of ether oxygens (including phenoxy) is 1. The molecule has 0 saturated carbocycles. The van der Waals surface area contributed by atoms with Crippen molar-refractivity contribution < 1.29 is 26.5 Å². The van der Waals surface area contributed by atoms with Crippen molar-refractivity contribution in [2.45, 2.75) is 37.9 Å². The first-order chi connectivity index (χ1) is 12.0. The van der Waals surface area contributed by atoms with Crippen LogP contribution in [-0.2, 0) is 11.0 Å². The van der Waals surface area contributed by atoms with Crippen LogP contribution in [-0.4, -0.2) is 20.3 Å². The van der Waals surface area contributed by atoms with Gasteiger partial charge in [0.2, 0.25) is 0 Å². The summed E-state index contributed by atoms with van der Waals surface area (Å²) in [7, 11) is -1.57. The molecule has 0 radical (unpaired) electrons. The van der Waals surface area contributed by atoms with E-state index in [2.05, 4.69) is 14.4 Å². The van der Waals surface area contributed by atoms with Gasteiger partial charge >= 0.3 is 6.36 Å². The van der Waals surface area contributed by atoms with Gasteiger partial charge in [-0.05, 0) is 50.6 Å². The van der Waals surface area contributed by atoms with Crippen molar-refractivity contribution in [1.82, 2.24) is 9.71 Å². The fourth-order valence-electron chi connectivity index (χ4n) is 2.04. The fraction of sp³-hybridized carbons (Fsp3) is 0.353. The first kappa shape index (κ1) is 20.3. The van der Waals surface area contributed by atoms with Crippen LogP contribution in [0.25, 0.3) is 0 Å². The number of alkyl halides is 3. The Labute approximate surface area is 151 Å². The van der Waals surface area contributed by atoms with Crippen molar-refractivity contribution in [3.05, 3.63) is 59.7 Å². The van der Waals surface area contributed by atoms with E-state index in [4.69, 9.17) is 0 Å². The minimum absolute atomic E-state index is 0.00501. The van der Waals surface area contributed by atoms with Gasteiger partial charge in [0.05, 0.1) is 27.5 Å². The number of nitrogens with one attached hydrogen (secondary N) is 1. The summed E-state index contributed by atoms with van der Waals surface area (Å²) in [5.74, 6) is -1.02. The average molecular weight is 390 g/mol. The zero-order chi connectivity index (χ0) is 19.5. The van der Waals surface area contributed by atoms with Gasteiger partial charge in [0.1, 0.15) is 11.6 Å². The van der Waals surface area contributed by atoms with E-state index < -0.39 is 39.7 Å². The van der Waals surface area contributed by atoms with Crippen molar-refractivity contribution in [3.63, 3.8) is 0 Å². The maximum atomic E-state index is 14.2. The minimum atomic E-state index is -4.81. The number of nitrogens with zero attached hydrogens (tertiary/aromatic N) is 1. The molecule has 142 valence electrons. The number of rotatable bonds is 5. The van der Waals surface area contributed by atoms with Gasteiger partial charge in [0, 0.05) is 6.20 Å². The number of hydrogen-bond donors (Lipinski definition) is 1. The lowest BCUT2D eigenvalue weighted by atomic mass is 10.0. The van der Waals surface area contributed by atoms with E-state index in [1.807, 2.05) is 0 Å². The molecule has 0 spiro atoms. The molecular formula is C17H18F4N2O2S. The third-order valence-corrected chi connectivity index (χ3v) is 4.85. The van der Waals surface area contributed by atoms with E-state index in [-0.39, 0.29) is 5.69 Å². The summed E-state index contributed by atoms with van der Waals surface area (Å²) in [5, 5.41) is 0. The van der Waals surface area contributed by atoms with Crippen LogP contribution in [0.5, 0.6) is 5.75 Å². The Morgan fingerprint density at radius 1 is 1.12 bits per heavy atom. The lowest BCUT2D eigenvalue weighted by molar-refractivity contribution is -0.274. The second-order valence-corrected chi connectivity index (χ2v) is 8.42. The Morgan fingerprint density at radius 2 is 1.73 bits per heavy atom. The number of halogens is 4. The summed E-state index contributed by atoms with van der Waals surface area (Å²) in [5.41, 5.74) is 0.393. The van der Waals surface area contributed by atoms with Crippen LogP contribution in [0.3, 0.4) is 0 Å². The first-order valence-corrected chi connectivity index (χ1v) is 8.76. The zero-order valence-electron chi connectivity index (χ0n) is 14.3. The Balaban J connectivity index is 2.38. The summed E-state index contributed by atoms with van der Waals surface area (Å²) in [6.45, 7) is 5.21. The maximum Gasteiger partial charge on any atom is 0.573 e. The molecule has 2 aromatic rings. The highest BCUT2D eigenvalue weighted by Gasteiger charge is 2.31. The molecule has 9 heteroatoms. The first-order valence-electron chi connectivity index (χ1n) is 7.61. The van der Waals surface area contributed by atoms with Crippen LogP contribution in [0.2, 0.25) is 0 Å². The van der Waals surface area contributed by atoms with Gasteiger partial charge in [0.25, 0.3) is 0 Å². The van der Waals surface area contributed by atoms with Crippen LogP contribution in [0.15, 0.2) is 42.6 Å². The van der Waals surface area contributed by atoms with Crippen LogP contribution in [0.1, 0.15) is 38.1 Å². The second-order valence-electron chi connectivity index (χ2n) is 6.42. The van der Waals surface area contributed by atoms with E-state index in [9.17, 15) is 21.8 Å². The van der Waals surface area contributed by atoms with E-state index in [1.165, 1.54) is 30.5 Å². The number of pyridine rings is 1. The molecule has 2 rings (SSSR count). The lowest BCUT2D eigenvalue weighted by Gasteiger charge is -2.24. The van der Waals surface area contributed by atoms with Crippen LogP contribution >= 0.6 is 0 Å². The molecule has 1 aromatic carbocycles. The van der Waals surface area contributed by atoms with E-state index in [0.717, 1.165) is 12.1 Å². The fourth-order valence-corrected chi connectivity index (χ4v) is 2.85. The lowest BCUT2D eigenvalue weighted by Crippen LogP contribution is -2.36. The average Bonchev–Trinajstić information content (AvgIpc) is 2.52. The van der Waals surface area contributed by atoms with Crippen molar-refractivity contribution in [2.24, 2.45) is 0 Å². The largest absolute Gasteiger partial charge is 0.573 e. The van der Waals surface area contributed by atoms with Crippen molar-refractivity contribution in [2.75, 3.05) is 0 Å². The smallest absolute Gasteiger partial charge is 0.406 e. The van der Waals surface area contributed by atoms with E-state index in [0.29, 0.717) is 5.56 Å². The maximum absolute atomic E-state index is 14.2. The van der Waals surface area contributed by atoms with Crippen LogP contribution in [0, 0.1) is 5.82 Å². The molecule has 1 heterocycles. The molecular weight excluding hydrogens is 372 g/mol.